The van der Waals surface area contributed by atoms with Gasteiger partial charge in [0.25, 0.3) is 0 Å². The predicted octanol–water partition coefficient (Wildman–Crippen LogP) is 2.71. The van der Waals surface area contributed by atoms with Gasteiger partial charge in [-0.3, -0.25) is 4.79 Å². The van der Waals surface area contributed by atoms with E-state index in [0.29, 0.717) is 0 Å². The summed E-state index contributed by atoms with van der Waals surface area (Å²) in [7, 11) is -3.76. The number of esters is 1. The average molecular weight is 347 g/mol. The molecule has 0 aliphatic carbocycles. The van der Waals surface area contributed by atoms with Crippen LogP contribution in [0.1, 0.15) is 23.6 Å². The number of aryl methyl sites for hydroxylation is 2. The Morgan fingerprint density at radius 3 is 2.04 bits per heavy atom. The Kier molecular flexibility index (Phi) is 5.75. The fourth-order valence-corrected chi connectivity index (χ4v) is 3.22. The van der Waals surface area contributed by atoms with E-state index in [-0.39, 0.29) is 11.5 Å². The van der Waals surface area contributed by atoms with E-state index < -0.39 is 22.0 Å². The number of nitrogens with one attached hydrogen (secondary N) is 1. The van der Waals surface area contributed by atoms with Crippen LogP contribution in [0.25, 0.3) is 0 Å². The van der Waals surface area contributed by atoms with E-state index in [1.807, 2.05) is 38.1 Å². The van der Waals surface area contributed by atoms with E-state index in [9.17, 15) is 13.2 Å². The summed E-state index contributed by atoms with van der Waals surface area (Å²) in [5, 5.41) is 0. The van der Waals surface area contributed by atoms with E-state index in [1.165, 1.54) is 19.1 Å². The maximum Gasteiger partial charge on any atom is 0.324 e. The first-order valence-corrected chi connectivity index (χ1v) is 9.07. The van der Waals surface area contributed by atoms with E-state index in [2.05, 4.69) is 4.72 Å². The molecule has 128 valence electrons. The fraction of sp³-hybridized carbons (Fsp3) is 0.278. The molecule has 0 aromatic heterocycles. The molecule has 0 spiro atoms. The summed E-state index contributed by atoms with van der Waals surface area (Å²) in [5.41, 5.74) is 2.92. The van der Waals surface area contributed by atoms with Crippen LogP contribution in [-0.4, -0.2) is 20.4 Å². The second-order valence-corrected chi connectivity index (χ2v) is 7.46. The number of rotatable bonds is 6. The highest BCUT2D eigenvalue weighted by molar-refractivity contribution is 7.89. The minimum absolute atomic E-state index is 0.107. The molecule has 0 saturated heterocycles. The van der Waals surface area contributed by atoms with Gasteiger partial charge in [-0.15, -0.1) is 0 Å². The number of hydrogen-bond donors (Lipinski definition) is 1. The first-order chi connectivity index (χ1) is 11.3. The Bertz CT molecular complexity index is 796. The van der Waals surface area contributed by atoms with Crippen LogP contribution in [0.5, 0.6) is 0 Å². The van der Waals surface area contributed by atoms with Crippen molar-refractivity contribution in [2.24, 2.45) is 0 Å². The van der Waals surface area contributed by atoms with Crippen molar-refractivity contribution in [2.75, 3.05) is 0 Å². The van der Waals surface area contributed by atoms with Crippen molar-refractivity contribution in [1.29, 1.82) is 0 Å². The SMILES string of the molecule is Cc1ccc(COC(=O)[C@H](C)NS(=O)(=O)c2ccc(C)cc2)cc1. The third kappa shape index (κ3) is 4.91. The van der Waals surface area contributed by atoms with E-state index in [1.54, 1.807) is 12.1 Å². The number of ether oxygens (including phenoxy) is 1. The smallest absolute Gasteiger partial charge is 0.324 e. The second-order valence-electron chi connectivity index (χ2n) is 5.75. The Morgan fingerprint density at radius 1 is 1.00 bits per heavy atom. The van der Waals surface area contributed by atoms with Gasteiger partial charge in [0.1, 0.15) is 12.6 Å². The van der Waals surface area contributed by atoms with Crippen LogP contribution in [0.4, 0.5) is 0 Å². The number of hydrogen-bond acceptors (Lipinski definition) is 4. The molecule has 0 amide bonds. The standard InChI is InChI=1S/C18H21NO4S/c1-13-4-8-16(9-5-13)12-23-18(20)15(3)19-24(21,22)17-10-6-14(2)7-11-17/h4-11,15,19H,12H2,1-3H3/t15-/m0/s1. The monoisotopic (exact) mass is 347 g/mol. The summed E-state index contributed by atoms with van der Waals surface area (Å²) < 4.78 is 32.0. The molecule has 0 fully saturated rings. The third-order valence-electron chi connectivity index (χ3n) is 3.52. The molecule has 24 heavy (non-hydrogen) atoms. The van der Waals surface area contributed by atoms with E-state index in [4.69, 9.17) is 4.74 Å². The summed E-state index contributed by atoms with van der Waals surface area (Å²) in [6, 6.07) is 13.0. The van der Waals surface area contributed by atoms with Gasteiger partial charge in [-0.05, 0) is 38.5 Å². The Morgan fingerprint density at radius 2 is 1.50 bits per heavy atom. The molecule has 0 aliphatic rings. The quantitative estimate of drug-likeness (QED) is 0.816. The zero-order chi connectivity index (χ0) is 17.7. The van der Waals surface area contributed by atoms with Gasteiger partial charge in [0.15, 0.2) is 0 Å². The molecule has 1 atom stereocenters. The maximum atomic E-state index is 12.3. The molecule has 0 radical (unpaired) electrons. The van der Waals surface area contributed by atoms with Crippen LogP contribution in [0.15, 0.2) is 53.4 Å². The third-order valence-corrected chi connectivity index (χ3v) is 5.08. The largest absolute Gasteiger partial charge is 0.460 e. The molecule has 6 heteroatoms. The van der Waals surface area contributed by atoms with Crippen LogP contribution >= 0.6 is 0 Å². The highest BCUT2D eigenvalue weighted by Crippen LogP contribution is 2.11. The molecule has 0 aliphatic heterocycles. The summed E-state index contributed by atoms with van der Waals surface area (Å²) in [4.78, 5) is 12.1. The van der Waals surface area contributed by atoms with Gasteiger partial charge >= 0.3 is 5.97 Å². The van der Waals surface area contributed by atoms with Gasteiger partial charge < -0.3 is 4.74 Å². The Balaban J connectivity index is 1.95. The molecular formula is C18H21NO4S. The fourth-order valence-electron chi connectivity index (χ4n) is 2.03. The second kappa shape index (κ2) is 7.59. The molecule has 0 saturated carbocycles. The van der Waals surface area contributed by atoms with Crippen molar-refractivity contribution >= 4 is 16.0 Å². The molecule has 0 unspecified atom stereocenters. The summed E-state index contributed by atoms with van der Waals surface area (Å²) in [6.45, 7) is 5.41. The Hall–Kier alpha value is -2.18. The van der Waals surface area contributed by atoms with Gasteiger partial charge in [0.05, 0.1) is 4.90 Å². The van der Waals surface area contributed by atoms with Gasteiger partial charge in [-0.1, -0.05) is 47.5 Å². The van der Waals surface area contributed by atoms with E-state index in [0.717, 1.165) is 16.7 Å². The number of benzene rings is 2. The molecule has 2 aromatic rings. The topological polar surface area (TPSA) is 72.5 Å². The number of carbonyl (C=O) groups is 1. The normalized spacial score (nSPS) is 12.6. The number of sulfonamides is 1. The van der Waals surface area contributed by atoms with E-state index >= 15 is 0 Å². The van der Waals surface area contributed by atoms with Crippen LogP contribution in [0.3, 0.4) is 0 Å². The average Bonchev–Trinajstić information content (AvgIpc) is 2.54. The minimum Gasteiger partial charge on any atom is -0.460 e. The maximum absolute atomic E-state index is 12.3. The van der Waals surface area contributed by atoms with Gasteiger partial charge in [-0.2, -0.15) is 4.72 Å². The van der Waals surface area contributed by atoms with Gasteiger partial charge in [-0.25, -0.2) is 8.42 Å². The lowest BCUT2D eigenvalue weighted by atomic mass is 10.2. The molecule has 0 bridgehead atoms. The minimum atomic E-state index is -3.76. The highest BCUT2D eigenvalue weighted by Gasteiger charge is 2.23. The zero-order valence-electron chi connectivity index (χ0n) is 13.9. The van der Waals surface area contributed by atoms with Crippen LogP contribution in [-0.2, 0) is 26.2 Å². The van der Waals surface area contributed by atoms with Crippen LogP contribution in [0, 0.1) is 13.8 Å². The van der Waals surface area contributed by atoms with Gasteiger partial charge in [0.2, 0.25) is 10.0 Å². The van der Waals surface area contributed by atoms with Crippen molar-refractivity contribution in [3.05, 3.63) is 65.2 Å². The van der Waals surface area contributed by atoms with Crippen LogP contribution < -0.4 is 4.72 Å². The lowest BCUT2D eigenvalue weighted by Gasteiger charge is -2.14. The molecule has 5 nitrogen and oxygen atoms in total. The van der Waals surface area contributed by atoms with Crippen molar-refractivity contribution in [2.45, 2.75) is 38.3 Å². The molecule has 0 heterocycles. The van der Waals surface area contributed by atoms with Crippen molar-refractivity contribution in [3.63, 3.8) is 0 Å². The first-order valence-electron chi connectivity index (χ1n) is 7.59. The summed E-state index contributed by atoms with van der Waals surface area (Å²) in [5.74, 6) is -0.619. The molecule has 1 N–H and O–H groups in total. The lowest BCUT2D eigenvalue weighted by molar-refractivity contribution is -0.146. The zero-order valence-corrected chi connectivity index (χ0v) is 14.8. The van der Waals surface area contributed by atoms with Crippen molar-refractivity contribution in [3.8, 4) is 0 Å². The molecular weight excluding hydrogens is 326 g/mol. The van der Waals surface area contributed by atoms with Crippen molar-refractivity contribution in [1.82, 2.24) is 4.72 Å². The highest BCUT2D eigenvalue weighted by atomic mass is 32.2. The summed E-state index contributed by atoms with van der Waals surface area (Å²) in [6.07, 6.45) is 0. The predicted molar refractivity (Wildman–Crippen MR) is 91.9 cm³/mol. The first kappa shape index (κ1) is 18.2. The molecule has 2 rings (SSSR count). The van der Waals surface area contributed by atoms with Crippen LogP contribution in [0.2, 0.25) is 0 Å². The van der Waals surface area contributed by atoms with Gasteiger partial charge in [0, 0.05) is 0 Å². The summed E-state index contributed by atoms with van der Waals surface area (Å²) >= 11 is 0. The van der Waals surface area contributed by atoms with Crippen molar-refractivity contribution < 1.29 is 17.9 Å². The number of carbonyl (C=O) groups excluding carboxylic acids is 1. The molecule has 2 aromatic carbocycles. The lowest BCUT2D eigenvalue weighted by Crippen LogP contribution is -2.39. The Labute approximate surface area is 142 Å².